The molecule has 0 spiro atoms. The van der Waals surface area contributed by atoms with Gasteiger partial charge in [0.2, 0.25) is 0 Å². The van der Waals surface area contributed by atoms with Crippen molar-refractivity contribution in [1.29, 1.82) is 0 Å². The number of rotatable bonds is 3. The molecule has 0 radical (unpaired) electrons. The lowest BCUT2D eigenvalue weighted by Crippen LogP contribution is -2.28. The van der Waals surface area contributed by atoms with Crippen LogP contribution in [0.5, 0.6) is 0 Å². The number of nitrogens with zero attached hydrogens (tertiary/aromatic N) is 3. The third kappa shape index (κ3) is 1.73. The van der Waals surface area contributed by atoms with Crippen LogP contribution in [0.1, 0.15) is 31.7 Å². The van der Waals surface area contributed by atoms with E-state index in [0.717, 1.165) is 17.5 Å². The lowest BCUT2D eigenvalue weighted by molar-refractivity contribution is -0.146. The molecule has 1 aliphatic carbocycles. The van der Waals surface area contributed by atoms with Crippen molar-refractivity contribution >= 4 is 23.1 Å². The first-order valence-corrected chi connectivity index (χ1v) is 7.07. The Balaban J connectivity index is 2.17. The van der Waals surface area contributed by atoms with Crippen molar-refractivity contribution in [3.63, 3.8) is 0 Å². The van der Waals surface area contributed by atoms with Gasteiger partial charge >= 0.3 is 5.97 Å². The first kappa shape index (κ1) is 13.4. The van der Waals surface area contributed by atoms with Crippen LogP contribution in [0.25, 0.3) is 5.52 Å². The van der Waals surface area contributed by atoms with Crippen LogP contribution in [0.4, 0.5) is 0 Å². The second-order valence-electron chi connectivity index (χ2n) is 5.33. The van der Waals surface area contributed by atoms with E-state index in [9.17, 15) is 4.79 Å². The molecule has 2 atom stereocenters. The topological polar surface area (TPSA) is 56.5 Å². The molecule has 3 rings (SSSR count). The smallest absolute Gasteiger partial charge is 0.320 e. The highest BCUT2D eigenvalue weighted by atomic mass is 35.5. The number of ether oxygens (including phenoxy) is 1. The zero-order valence-corrected chi connectivity index (χ0v) is 12.4. The highest BCUT2D eigenvalue weighted by molar-refractivity contribution is 6.29. The summed E-state index contributed by atoms with van der Waals surface area (Å²) in [4.78, 5) is 16.7. The average molecular weight is 294 g/mol. The SMILES string of the molecule is CCOC(=O)[C@]1(c2ncc3c(C)cc(Cl)nn23)C[C@@H]1C. The zero-order valence-electron chi connectivity index (χ0n) is 11.7. The second-order valence-corrected chi connectivity index (χ2v) is 5.71. The van der Waals surface area contributed by atoms with Gasteiger partial charge in [0.1, 0.15) is 16.4 Å². The summed E-state index contributed by atoms with van der Waals surface area (Å²) in [5, 5.41) is 4.68. The van der Waals surface area contributed by atoms with Crippen molar-refractivity contribution in [2.75, 3.05) is 6.61 Å². The minimum absolute atomic E-state index is 0.202. The number of carbonyl (C=O) groups excluding carboxylic acids is 1. The van der Waals surface area contributed by atoms with E-state index in [2.05, 4.69) is 10.1 Å². The number of imidazole rings is 1. The molecule has 0 bridgehead atoms. The third-order valence-electron chi connectivity index (χ3n) is 4.02. The quantitative estimate of drug-likeness (QED) is 0.816. The molecule has 0 saturated heterocycles. The normalized spacial score (nSPS) is 24.9. The van der Waals surface area contributed by atoms with E-state index in [-0.39, 0.29) is 11.9 Å². The van der Waals surface area contributed by atoms with Crippen molar-refractivity contribution in [2.45, 2.75) is 32.6 Å². The Hall–Kier alpha value is -1.62. The van der Waals surface area contributed by atoms with Gasteiger partial charge in [0.05, 0.1) is 18.3 Å². The van der Waals surface area contributed by atoms with Crippen LogP contribution in [0, 0.1) is 12.8 Å². The number of hydrogen-bond donors (Lipinski definition) is 0. The number of hydrogen-bond acceptors (Lipinski definition) is 4. The molecule has 1 fully saturated rings. The maximum absolute atomic E-state index is 12.3. The summed E-state index contributed by atoms with van der Waals surface area (Å²) in [5.41, 5.74) is 1.18. The Morgan fingerprint density at radius 3 is 2.95 bits per heavy atom. The molecule has 0 aliphatic heterocycles. The molecule has 2 aromatic heterocycles. The summed E-state index contributed by atoms with van der Waals surface area (Å²) < 4.78 is 6.90. The molecular formula is C14H16ClN3O2. The van der Waals surface area contributed by atoms with Gasteiger partial charge in [-0.15, -0.1) is 0 Å². The minimum Gasteiger partial charge on any atom is -0.465 e. The van der Waals surface area contributed by atoms with Crippen LogP contribution in [-0.2, 0) is 14.9 Å². The summed E-state index contributed by atoms with van der Waals surface area (Å²) >= 11 is 6.02. The number of aromatic nitrogens is 3. The van der Waals surface area contributed by atoms with E-state index in [1.54, 1.807) is 16.8 Å². The molecule has 0 unspecified atom stereocenters. The number of halogens is 1. The van der Waals surface area contributed by atoms with Gasteiger partial charge in [0, 0.05) is 0 Å². The molecule has 0 N–H and O–H groups in total. The van der Waals surface area contributed by atoms with E-state index in [4.69, 9.17) is 16.3 Å². The van der Waals surface area contributed by atoms with Crippen LogP contribution >= 0.6 is 11.6 Å². The van der Waals surface area contributed by atoms with Gasteiger partial charge in [0.15, 0.2) is 0 Å². The van der Waals surface area contributed by atoms with Gasteiger partial charge in [-0.1, -0.05) is 18.5 Å². The number of fused-ring (bicyclic) bond motifs is 1. The predicted molar refractivity (Wildman–Crippen MR) is 74.8 cm³/mol. The van der Waals surface area contributed by atoms with E-state index < -0.39 is 5.41 Å². The summed E-state index contributed by atoms with van der Waals surface area (Å²) in [6.45, 7) is 6.14. The lowest BCUT2D eigenvalue weighted by atomic mass is 10.0. The largest absolute Gasteiger partial charge is 0.465 e. The van der Waals surface area contributed by atoms with Gasteiger partial charge in [-0.3, -0.25) is 4.79 Å². The molecule has 1 saturated carbocycles. The molecule has 5 nitrogen and oxygen atoms in total. The highest BCUT2D eigenvalue weighted by Gasteiger charge is 2.63. The van der Waals surface area contributed by atoms with Crippen molar-refractivity contribution in [3.05, 3.63) is 28.8 Å². The fraction of sp³-hybridized carbons (Fsp3) is 0.500. The Morgan fingerprint density at radius 1 is 1.65 bits per heavy atom. The summed E-state index contributed by atoms with van der Waals surface area (Å²) in [6.07, 6.45) is 2.47. The molecule has 20 heavy (non-hydrogen) atoms. The van der Waals surface area contributed by atoms with Crippen molar-refractivity contribution < 1.29 is 9.53 Å². The van der Waals surface area contributed by atoms with E-state index in [0.29, 0.717) is 17.6 Å². The molecular weight excluding hydrogens is 278 g/mol. The van der Waals surface area contributed by atoms with Gasteiger partial charge in [-0.2, -0.15) is 5.10 Å². The molecule has 2 aromatic rings. The predicted octanol–water partition coefficient (Wildman–Crippen LogP) is 2.53. The number of esters is 1. The first-order chi connectivity index (χ1) is 9.50. The minimum atomic E-state index is -0.674. The van der Waals surface area contributed by atoms with Gasteiger partial charge in [-0.05, 0) is 37.8 Å². The second kappa shape index (κ2) is 4.45. The van der Waals surface area contributed by atoms with Gasteiger partial charge in [0.25, 0.3) is 0 Å². The van der Waals surface area contributed by atoms with E-state index in [1.165, 1.54) is 0 Å². The molecule has 0 amide bonds. The average Bonchev–Trinajstić information content (AvgIpc) is 2.87. The van der Waals surface area contributed by atoms with Crippen LogP contribution in [0.15, 0.2) is 12.3 Å². The lowest BCUT2D eigenvalue weighted by Gasteiger charge is -2.14. The number of carbonyl (C=O) groups is 1. The summed E-state index contributed by atoms with van der Waals surface area (Å²) in [5.74, 6) is 0.608. The van der Waals surface area contributed by atoms with Gasteiger partial charge < -0.3 is 4.74 Å². The molecule has 6 heteroatoms. The standard InChI is InChI=1S/C14H16ClN3O2/c1-4-20-13(19)14(6-9(14)3)12-16-7-10-8(2)5-11(15)17-18(10)12/h5,7,9H,4,6H2,1-3H3/t9-,14+/m0/s1. The summed E-state index contributed by atoms with van der Waals surface area (Å²) in [6, 6.07) is 1.79. The van der Waals surface area contributed by atoms with Gasteiger partial charge in [-0.25, -0.2) is 9.50 Å². The highest BCUT2D eigenvalue weighted by Crippen LogP contribution is 2.54. The Bertz CT molecular complexity index is 697. The fourth-order valence-electron chi connectivity index (χ4n) is 2.77. The maximum atomic E-state index is 12.3. The Morgan fingerprint density at radius 2 is 2.35 bits per heavy atom. The fourth-order valence-corrected chi connectivity index (χ4v) is 3.01. The van der Waals surface area contributed by atoms with Crippen molar-refractivity contribution in [2.24, 2.45) is 5.92 Å². The van der Waals surface area contributed by atoms with Crippen LogP contribution < -0.4 is 0 Å². The van der Waals surface area contributed by atoms with E-state index >= 15 is 0 Å². The Kier molecular flexibility index (Phi) is 2.97. The molecule has 2 heterocycles. The zero-order chi connectivity index (χ0) is 14.5. The Labute approximate surface area is 121 Å². The van der Waals surface area contributed by atoms with Crippen LogP contribution in [0.2, 0.25) is 5.15 Å². The van der Waals surface area contributed by atoms with Crippen LogP contribution in [-0.4, -0.2) is 27.2 Å². The maximum Gasteiger partial charge on any atom is 0.320 e. The monoisotopic (exact) mass is 293 g/mol. The first-order valence-electron chi connectivity index (χ1n) is 6.69. The third-order valence-corrected chi connectivity index (χ3v) is 4.21. The van der Waals surface area contributed by atoms with Crippen molar-refractivity contribution in [3.8, 4) is 0 Å². The van der Waals surface area contributed by atoms with E-state index in [1.807, 2.05) is 20.8 Å². The van der Waals surface area contributed by atoms with Crippen LogP contribution in [0.3, 0.4) is 0 Å². The molecule has 0 aromatic carbocycles. The molecule has 106 valence electrons. The number of aryl methyl sites for hydroxylation is 1. The molecule has 1 aliphatic rings. The summed E-state index contributed by atoms with van der Waals surface area (Å²) in [7, 11) is 0. The van der Waals surface area contributed by atoms with Crippen molar-refractivity contribution in [1.82, 2.24) is 14.6 Å².